The van der Waals surface area contributed by atoms with E-state index in [1.54, 1.807) is 46.0 Å². The van der Waals surface area contributed by atoms with Gasteiger partial charge in [-0.05, 0) is 64.9 Å². The fraction of sp³-hybridized carbons (Fsp3) is 0.130. The number of nitrogens with zero attached hydrogens (tertiary/aromatic N) is 1. The Morgan fingerprint density at radius 1 is 1.07 bits per heavy atom. The lowest BCUT2D eigenvalue weighted by Crippen LogP contribution is -2.36. The van der Waals surface area contributed by atoms with E-state index in [9.17, 15) is 9.59 Å². The maximum atomic E-state index is 13.5. The van der Waals surface area contributed by atoms with Gasteiger partial charge in [0.05, 0.1) is 0 Å². The van der Waals surface area contributed by atoms with Crippen molar-refractivity contribution in [3.8, 4) is 0 Å². The van der Waals surface area contributed by atoms with Crippen LogP contribution in [0.15, 0.2) is 60.0 Å². The van der Waals surface area contributed by atoms with Gasteiger partial charge in [-0.15, -0.1) is 11.3 Å². The number of thiophene rings is 1. The number of benzene rings is 2. The third-order valence-corrected chi connectivity index (χ3v) is 6.16. The molecule has 4 rings (SSSR count). The Morgan fingerprint density at radius 2 is 1.83 bits per heavy atom. The number of fused-ring (bicyclic) bond motifs is 1. The third kappa shape index (κ3) is 4.31. The van der Waals surface area contributed by atoms with Crippen LogP contribution in [0.25, 0.3) is 11.6 Å². The van der Waals surface area contributed by atoms with Gasteiger partial charge < -0.3 is 4.90 Å². The highest BCUT2D eigenvalue weighted by Crippen LogP contribution is 2.28. The van der Waals surface area contributed by atoms with Crippen molar-refractivity contribution in [3.05, 3.63) is 92.1 Å². The Hall–Kier alpha value is -2.93. The SMILES string of the molecule is O=C(NO)c1ccc2c(c1)CN(C(=O)/C(=C\c1cccs1)c1ccc(Cl)cc1)CC2. The quantitative estimate of drug-likeness (QED) is 0.354. The van der Waals surface area contributed by atoms with Gasteiger partial charge in [-0.2, -0.15) is 0 Å². The van der Waals surface area contributed by atoms with Gasteiger partial charge in [0.2, 0.25) is 0 Å². The second-order valence-electron chi connectivity index (χ2n) is 6.98. The monoisotopic (exact) mass is 438 g/mol. The van der Waals surface area contributed by atoms with Gasteiger partial charge in [0.1, 0.15) is 0 Å². The number of amides is 2. The first-order valence-corrected chi connectivity index (χ1v) is 10.7. The molecule has 30 heavy (non-hydrogen) atoms. The molecule has 0 saturated heterocycles. The molecule has 2 N–H and O–H groups in total. The van der Waals surface area contributed by atoms with Gasteiger partial charge >= 0.3 is 0 Å². The summed E-state index contributed by atoms with van der Waals surface area (Å²) in [5.41, 5.74) is 5.42. The molecule has 7 heteroatoms. The van der Waals surface area contributed by atoms with Crippen molar-refractivity contribution < 1.29 is 14.8 Å². The van der Waals surface area contributed by atoms with Gasteiger partial charge in [-0.1, -0.05) is 35.9 Å². The first-order valence-electron chi connectivity index (χ1n) is 9.42. The zero-order valence-corrected chi connectivity index (χ0v) is 17.5. The highest BCUT2D eigenvalue weighted by Gasteiger charge is 2.25. The molecular weight excluding hydrogens is 420 g/mol. The molecule has 152 valence electrons. The second-order valence-corrected chi connectivity index (χ2v) is 8.40. The molecule has 5 nitrogen and oxygen atoms in total. The lowest BCUT2D eigenvalue weighted by Gasteiger charge is -2.30. The van der Waals surface area contributed by atoms with E-state index in [1.807, 2.05) is 41.8 Å². The summed E-state index contributed by atoms with van der Waals surface area (Å²) in [5.74, 6) is -0.644. The number of carbonyl (C=O) groups excluding carboxylic acids is 2. The molecule has 3 aromatic rings. The predicted molar refractivity (Wildman–Crippen MR) is 118 cm³/mol. The Bertz CT molecular complexity index is 1110. The molecule has 1 aliphatic heterocycles. The summed E-state index contributed by atoms with van der Waals surface area (Å²) in [6.45, 7) is 0.989. The minimum atomic E-state index is -0.569. The van der Waals surface area contributed by atoms with E-state index in [-0.39, 0.29) is 5.91 Å². The second kappa shape index (κ2) is 8.83. The number of hydrogen-bond acceptors (Lipinski definition) is 4. The lowest BCUT2D eigenvalue weighted by molar-refractivity contribution is -0.125. The van der Waals surface area contributed by atoms with E-state index in [0.717, 1.165) is 21.6 Å². The molecule has 2 amide bonds. The zero-order valence-electron chi connectivity index (χ0n) is 16.0. The Labute approximate surface area is 183 Å². The van der Waals surface area contributed by atoms with Gasteiger partial charge in [0.25, 0.3) is 11.8 Å². The molecule has 2 heterocycles. The van der Waals surface area contributed by atoms with Crippen LogP contribution in [0.5, 0.6) is 0 Å². The molecule has 1 aromatic heterocycles. The number of hydroxylamine groups is 1. The van der Waals surface area contributed by atoms with E-state index in [0.29, 0.717) is 35.7 Å². The van der Waals surface area contributed by atoms with E-state index >= 15 is 0 Å². The van der Waals surface area contributed by atoms with Gasteiger partial charge in [-0.25, -0.2) is 5.48 Å². The van der Waals surface area contributed by atoms with Crippen LogP contribution in [0, 0.1) is 0 Å². The van der Waals surface area contributed by atoms with Crippen LogP contribution in [-0.2, 0) is 17.8 Å². The smallest absolute Gasteiger partial charge is 0.274 e. The summed E-state index contributed by atoms with van der Waals surface area (Å²) in [6.07, 6.45) is 2.61. The largest absolute Gasteiger partial charge is 0.334 e. The molecule has 0 atom stereocenters. The van der Waals surface area contributed by atoms with Crippen molar-refractivity contribution in [1.29, 1.82) is 0 Å². The maximum Gasteiger partial charge on any atom is 0.274 e. The van der Waals surface area contributed by atoms with Crippen LogP contribution in [0.4, 0.5) is 0 Å². The first-order chi connectivity index (χ1) is 14.5. The molecule has 1 aliphatic rings. The lowest BCUT2D eigenvalue weighted by atomic mass is 9.95. The number of hydrogen-bond donors (Lipinski definition) is 2. The molecule has 2 aromatic carbocycles. The fourth-order valence-electron chi connectivity index (χ4n) is 3.52. The number of nitrogens with one attached hydrogen (secondary N) is 1. The predicted octanol–water partition coefficient (Wildman–Crippen LogP) is 4.65. The summed E-state index contributed by atoms with van der Waals surface area (Å²) in [7, 11) is 0. The third-order valence-electron chi connectivity index (χ3n) is 5.08. The molecule has 0 fully saturated rings. The van der Waals surface area contributed by atoms with E-state index in [2.05, 4.69) is 0 Å². The average molecular weight is 439 g/mol. The van der Waals surface area contributed by atoms with Crippen LogP contribution in [0.3, 0.4) is 0 Å². The molecule has 0 unspecified atom stereocenters. The minimum absolute atomic E-state index is 0.0756. The van der Waals surface area contributed by atoms with Crippen molar-refractivity contribution >= 4 is 46.4 Å². The number of carbonyl (C=O) groups is 2. The normalized spacial score (nSPS) is 13.7. The van der Waals surface area contributed by atoms with Gasteiger partial charge in [0.15, 0.2) is 0 Å². The molecule has 0 bridgehead atoms. The Kier molecular flexibility index (Phi) is 5.99. The van der Waals surface area contributed by atoms with Crippen LogP contribution < -0.4 is 5.48 Å². The van der Waals surface area contributed by atoms with Crippen molar-refractivity contribution in [1.82, 2.24) is 10.4 Å². The molecular formula is C23H19ClN2O3S. The van der Waals surface area contributed by atoms with Gasteiger partial charge in [0, 0.05) is 34.1 Å². The first kappa shape index (κ1) is 20.3. The van der Waals surface area contributed by atoms with Crippen LogP contribution in [-0.4, -0.2) is 28.5 Å². The highest BCUT2D eigenvalue weighted by atomic mass is 35.5. The molecule has 0 aliphatic carbocycles. The molecule has 0 spiro atoms. The zero-order chi connectivity index (χ0) is 21.1. The molecule has 0 saturated carbocycles. The van der Waals surface area contributed by atoms with Crippen LogP contribution in [0.1, 0.15) is 31.9 Å². The van der Waals surface area contributed by atoms with E-state index in [1.165, 1.54) is 0 Å². The standard InChI is InChI=1S/C23H19ClN2O3S/c24-19-7-5-16(6-8-19)21(13-20-2-1-11-30-20)23(28)26-10-9-15-3-4-17(22(27)25-29)12-18(15)14-26/h1-8,11-13,29H,9-10,14H2,(H,25,27)/b21-13-. The fourth-order valence-corrected chi connectivity index (χ4v) is 4.30. The van der Waals surface area contributed by atoms with Crippen LogP contribution in [0.2, 0.25) is 5.02 Å². The van der Waals surface area contributed by atoms with Gasteiger partial charge in [-0.3, -0.25) is 14.8 Å². The topological polar surface area (TPSA) is 69.6 Å². The summed E-state index contributed by atoms with van der Waals surface area (Å²) in [6, 6.07) is 16.5. The van der Waals surface area contributed by atoms with Crippen LogP contribution >= 0.6 is 22.9 Å². The molecule has 0 radical (unpaired) electrons. The highest BCUT2D eigenvalue weighted by molar-refractivity contribution is 7.11. The Balaban J connectivity index is 1.66. The summed E-state index contributed by atoms with van der Waals surface area (Å²) >= 11 is 7.60. The Morgan fingerprint density at radius 3 is 2.53 bits per heavy atom. The van der Waals surface area contributed by atoms with Crippen molar-refractivity contribution in [3.63, 3.8) is 0 Å². The van der Waals surface area contributed by atoms with E-state index < -0.39 is 5.91 Å². The summed E-state index contributed by atoms with van der Waals surface area (Å²) in [4.78, 5) is 28.0. The van der Waals surface area contributed by atoms with Crippen molar-refractivity contribution in [2.24, 2.45) is 0 Å². The van der Waals surface area contributed by atoms with Crippen molar-refractivity contribution in [2.45, 2.75) is 13.0 Å². The van der Waals surface area contributed by atoms with E-state index in [4.69, 9.17) is 16.8 Å². The minimum Gasteiger partial charge on any atom is -0.334 e. The summed E-state index contributed by atoms with van der Waals surface area (Å²) in [5, 5.41) is 11.5. The maximum absolute atomic E-state index is 13.5. The van der Waals surface area contributed by atoms with Crippen molar-refractivity contribution in [2.75, 3.05) is 6.54 Å². The number of halogens is 1. The number of rotatable bonds is 4. The average Bonchev–Trinajstić information content (AvgIpc) is 3.29. The summed E-state index contributed by atoms with van der Waals surface area (Å²) < 4.78 is 0.